The lowest BCUT2D eigenvalue weighted by molar-refractivity contribution is 1.68. The second-order valence-electron chi connectivity index (χ2n) is 17.4. The Bertz CT molecular complexity index is 4400. The number of thiophene rings is 1. The molecule has 0 aliphatic heterocycles. The standard InChI is InChI=1S/C62H34S/c1-3-14-35(15-4-1)55-52-34-50-43-19-8-7-18-42(43)45-22-12-25-48(57(45)50)59(52)56(36-16-5-2-6-17-36)61-51-33-39-29-28-37-32-38(41-21-11-23-46-44-20-9-10-27-53(44)63-62(41)46)30-31-40(37)54(39)47-24-13-26-49(58(47)51)60(55)61/h1-34H. The predicted octanol–water partition coefficient (Wildman–Crippen LogP) is 18.3. The maximum absolute atomic E-state index is 2.53. The van der Waals surface area contributed by atoms with Crippen molar-refractivity contribution in [2.75, 3.05) is 0 Å². The minimum Gasteiger partial charge on any atom is -0.135 e. The summed E-state index contributed by atoms with van der Waals surface area (Å²) in [6, 6.07) is 77.9. The lowest BCUT2D eigenvalue weighted by atomic mass is 9.84. The van der Waals surface area contributed by atoms with Gasteiger partial charge >= 0.3 is 0 Å². The molecule has 0 N–H and O–H groups in total. The van der Waals surface area contributed by atoms with E-state index in [1.807, 2.05) is 11.3 Å². The van der Waals surface area contributed by atoms with Crippen molar-refractivity contribution in [1.29, 1.82) is 0 Å². The maximum atomic E-state index is 2.53. The zero-order valence-corrected chi connectivity index (χ0v) is 34.9. The average molecular weight is 811 g/mol. The molecular weight excluding hydrogens is 777 g/mol. The zero-order chi connectivity index (χ0) is 40.9. The number of benzene rings is 12. The van der Waals surface area contributed by atoms with Gasteiger partial charge in [-0.05, 0) is 155 Å². The highest BCUT2D eigenvalue weighted by molar-refractivity contribution is 7.26. The van der Waals surface area contributed by atoms with Gasteiger partial charge in [0.2, 0.25) is 0 Å². The summed E-state index contributed by atoms with van der Waals surface area (Å²) in [5, 5.41) is 26.4. The third-order valence-electron chi connectivity index (χ3n) is 14.3. The third kappa shape index (κ3) is 4.44. The Balaban J connectivity index is 1.11. The van der Waals surface area contributed by atoms with E-state index in [0.717, 1.165) is 0 Å². The molecule has 0 aliphatic carbocycles. The fraction of sp³-hybridized carbons (Fsp3) is 0. The van der Waals surface area contributed by atoms with E-state index in [4.69, 9.17) is 0 Å². The quantitative estimate of drug-likeness (QED) is 0.156. The van der Waals surface area contributed by atoms with Gasteiger partial charge in [0.05, 0.1) is 0 Å². The van der Waals surface area contributed by atoms with Crippen LogP contribution in [-0.4, -0.2) is 0 Å². The second-order valence-corrected chi connectivity index (χ2v) is 18.4. The summed E-state index contributed by atoms with van der Waals surface area (Å²) < 4.78 is 2.69. The van der Waals surface area contributed by atoms with Crippen LogP contribution >= 0.6 is 11.3 Å². The summed E-state index contributed by atoms with van der Waals surface area (Å²) in [5.74, 6) is 0. The molecular formula is C62H34S. The molecule has 14 aromatic carbocycles. The molecule has 0 amide bonds. The van der Waals surface area contributed by atoms with Gasteiger partial charge in [-0.3, -0.25) is 0 Å². The molecule has 0 saturated heterocycles. The highest BCUT2D eigenvalue weighted by atomic mass is 32.1. The van der Waals surface area contributed by atoms with Crippen molar-refractivity contribution in [3.63, 3.8) is 0 Å². The predicted molar refractivity (Wildman–Crippen MR) is 276 cm³/mol. The van der Waals surface area contributed by atoms with Crippen LogP contribution in [0, 0.1) is 0 Å². The lowest BCUT2D eigenvalue weighted by Crippen LogP contribution is -1.91. The fourth-order valence-electron chi connectivity index (χ4n) is 11.8. The van der Waals surface area contributed by atoms with Gasteiger partial charge in [-0.25, -0.2) is 0 Å². The van der Waals surface area contributed by atoms with E-state index in [1.54, 1.807) is 0 Å². The van der Waals surface area contributed by atoms with E-state index in [-0.39, 0.29) is 0 Å². The second kappa shape index (κ2) is 12.4. The molecule has 15 aromatic rings. The molecule has 1 heteroatoms. The Morgan fingerprint density at radius 3 is 1.60 bits per heavy atom. The van der Waals surface area contributed by atoms with E-state index in [2.05, 4.69) is 206 Å². The van der Waals surface area contributed by atoms with Crippen LogP contribution < -0.4 is 0 Å². The Morgan fingerprint density at radius 2 is 0.810 bits per heavy atom. The van der Waals surface area contributed by atoms with Crippen molar-refractivity contribution in [2.24, 2.45) is 0 Å². The minimum absolute atomic E-state index is 1.24. The first kappa shape index (κ1) is 33.8. The van der Waals surface area contributed by atoms with Gasteiger partial charge < -0.3 is 0 Å². The fourth-order valence-corrected chi connectivity index (χ4v) is 13.0. The number of hydrogen-bond donors (Lipinski definition) is 0. The van der Waals surface area contributed by atoms with Gasteiger partial charge in [-0.2, -0.15) is 0 Å². The van der Waals surface area contributed by atoms with Crippen LogP contribution in [0.4, 0.5) is 0 Å². The van der Waals surface area contributed by atoms with E-state index < -0.39 is 0 Å². The highest BCUT2D eigenvalue weighted by Gasteiger charge is 2.27. The SMILES string of the molecule is c1ccc(-c2c3cc4c5ccccc5c5cccc(c3c(-c3ccccc3)c3c6cc7ccc8cc(-c9cccc%10c9sc9ccccc9%10)ccc8c7c7cccc(c23)c67)c54)cc1. The van der Waals surface area contributed by atoms with Gasteiger partial charge in [-0.1, -0.05) is 182 Å². The lowest BCUT2D eigenvalue weighted by Gasteiger charge is -2.19. The number of rotatable bonds is 3. The van der Waals surface area contributed by atoms with Gasteiger partial charge in [0.15, 0.2) is 0 Å². The van der Waals surface area contributed by atoms with Crippen molar-refractivity contribution < 1.29 is 0 Å². The molecule has 0 atom stereocenters. The molecule has 0 spiro atoms. The summed E-state index contributed by atoms with van der Waals surface area (Å²) in [7, 11) is 0. The Labute approximate surface area is 366 Å². The Morgan fingerprint density at radius 1 is 0.238 bits per heavy atom. The average Bonchev–Trinajstić information content (AvgIpc) is 4.00. The van der Waals surface area contributed by atoms with Crippen LogP contribution in [0.15, 0.2) is 206 Å². The van der Waals surface area contributed by atoms with E-state index in [0.29, 0.717) is 0 Å². The van der Waals surface area contributed by atoms with Crippen molar-refractivity contribution in [1.82, 2.24) is 0 Å². The smallest absolute Gasteiger partial charge is 0.0433 e. The van der Waals surface area contributed by atoms with E-state index >= 15 is 0 Å². The van der Waals surface area contributed by atoms with Crippen molar-refractivity contribution in [3.8, 4) is 33.4 Å². The van der Waals surface area contributed by atoms with Crippen molar-refractivity contribution in [3.05, 3.63) is 206 Å². The normalized spacial score (nSPS) is 12.4. The molecule has 1 heterocycles. The van der Waals surface area contributed by atoms with Crippen LogP contribution in [0.1, 0.15) is 0 Å². The first-order valence-electron chi connectivity index (χ1n) is 21.9. The number of fused-ring (bicyclic) bond motifs is 15. The van der Waals surface area contributed by atoms with Gasteiger partial charge in [0, 0.05) is 20.2 Å². The molecule has 15 rings (SSSR count). The molecule has 0 radical (unpaired) electrons. The molecule has 0 unspecified atom stereocenters. The highest BCUT2D eigenvalue weighted by Crippen LogP contribution is 2.55. The molecule has 0 aliphatic rings. The molecule has 0 bridgehead atoms. The largest absolute Gasteiger partial charge is 0.135 e. The molecule has 63 heavy (non-hydrogen) atoms. The van der Waals surface area contributed by atoms with Crippen LogP contribution in [0.25, 0.3) is 151 Å². The molecule has 0 saturated carbocycles. The van der Waals surface area contributed by atoms with Crippen LogP contribution in [0.5, 0.6) is 0 Å². The molecule has 1 aromatic heterocycles. The monoisotopic (exact) mass is 810 g/mol. The van der Waals surface area contributed by atoms with Gasteiger partial charge in [0.1, 0.15) is 0 Å². The Kier molecular flexibility index (Phi) is 6.65. The van der Waals surface area contributed by atoms with Crippen LogP contribution in [0.3, 0.4) is 0 Å². The first-order valence-corrected chi connectivity index (χ1v) is 22.7. The van der Waals surface area contributed by atoms with E-state index in [1.165, 1.54) is 151 Å². The molecule has 288 valence electrons. The van der Waals surface area contributed by atoms with Crippen molar-refractivity contribution >= 4 is 128 Å². The van der Waals surface area contributed by atoms with E-state index in [9.17, 15) is 0 Å². The summed E-state index contributed by atoms with van der Waals surface area (Å²) >= 11 is 1.90. The minimum atomic E-state index is 1.24. The maximum Gasteiger partial charge on any atom is 0.0433 e. The van der Waals surface area contributed by atoms with Gasteiger partial charge in [-0.15, -0.1) is 11.3 Å². The van der Waals surface area contributed by atoms with Crippen LogP contribution in [0.2, 0.25) is 0 Å². The van der Waals surface area contributed by atoms with Crippen LogP contribution in [-0.2, 0) is 0 Å². The Hall–Kier alpha value is -7.84. The summed E-state index contributed by atoms with van der Waals surface area (Å²) in [6.07, 6.45) is 0. The first-order chi connectivity index (χ1) is 31.3. The molecule has 0 nitrogen and oxygen atoms in total. The van der Waals surface area contributed by atoms with Crippen molar-refractivity contribution in [2.45, 2.75) is 0 Å². The summed E-state index contributed by atoms with van der Waals surface area (Å²) in [4.78, 5) is 0. The topological polar surface area (TPSA) is 0 Å². The summed E-state index contributed by atoms with van der Waals surface area (Å²) in [5.41, 5.74) is 7.67. The third-order valence-corrected chi connectivity index (χ3v) is 15.5. The zero-order valence-electron chi connectivity index (χ0n) is 34.0. The number of hydrogen-bond acceptors (Lipinski definition) is 1. The summed E-state index contributed by atoms with van der Waals surface area (Å²) in [6.45, 7) is 0. The molecule has 0 fully saturated rings. The van der Waals surface area contributed by atoms with Gasteiger partial charge in [0.25, 0.3) is 0 Å².